The minimum atomic E-state index is -0.281. The van der Waals surface area contributed by atoms with Crippen LogP contribution in [0.2, 0.25) is 0 Å². The highest BCUT2D eigenvalue weighted by molar-refractivity contribution is 5.95. The lowest BCUT2D eigenvalue weighted by atomic mass is 9.96. The maximum absolute atomic E-state index is 13.4. The number of nitrogens with one attached hydrogen (secondary N) is 1. The Balaban J connectivity index is 1.52. The Hall–Kier alpha value is -3.54. The van der Waals surface area contributed by atoms with E-state index >= 15 is 0 Å². The van der Waals surface area contributed by atoms with E-state index in [2.05, 4.69) is 53.5 Å². The Bertz CT molecular complexity index is 1260. The van der Waals surface area contributed by atoms with Gasteiger partial charge in [-0.05, 0) is 66.6 Å². The van der Waals surface area contributed by atoms with Crippen LogP contribution in [0.25, 0.3) is 22.2 Å². The number of pyridine rings is 1. The van der Waals surface area contributed by atoms with Crippen molar-refractivity contribution in [2.75, 3.05) is 0 Å². The van der Waals surface area contributed by atoms with E-state index in [1.807, 2.05) is 19.9 Å². The first-order valence-corrected chi connectivity index (χ1v) is 11.3. The third-order valence-electron chi connectivity index (χ3n) is 6.25. The summed E-state index contributed by atoms with van der Waals surface area (Å²) in [6, 6.07) is 16.6. The van der Waals surface area contributed by atoms with Crippen molar-refractivity contribution in [3.63, 3.8) is 0 Å². The molecule has 1 N–H and O–H groups in total. The molecule has 33 heavy (non-hydrogen) atoms. The molecule has 5 nitrogen and oxygen atoms in total. The van der Waals surface area contributed by atoms with Crippen molar-refractivity contribution < 1.29 is 9.18 Å². The molecular weight excluding hydrogens is 415 g/mol. The van der Waals surface area contributed by atoms with Crippen molar-refractivity contribution in [3.05, 3.63) is 83.4 Å². The van der Waals surface area contributed by atoms with Crippen LogP contribution in [0.4, 0.5) is 4.39 Å². The van der Waals surface area contributed by atoms with Gasteiger partial charge in [0.05, 0.1) is 11.7 Å². The number of aromatic nitrogens is 3. The lowest BCUT2D eigenvalue weighted by Gasteiger charge is -2.16. The van der Waals surface area contributed by atoms with Crippen LogP contribution in [0.5, 0.6) is 0 Å². The number of halogens is 1. The summed E-state index contributed by atoms with van der Waals surface area (Å²) < 4.78 is 15.0. The van der Waals surface area contributed by atoms with Crippen molar-refractivity contribution in [2.45, 2.75) is 52.6 Å². The first-order chi connectivity index (χ1) is 15.9. The van der Waals surface area contributed by atoms with E-state index in [4.69, 9.17) is 0 Å². The first-order valence-electron chi connectivity index (χ1n) is 11.3. The van der Waals surface area contributed by atoms with Crippen LogP contribution >= 0.6 is 0 Å². The lowest BCUT2D eigenvalue weighted by Crippen LogP contribution is -2.30. The number of carbonyl (C=O) groups is 1. The van der Waals surface area contributed by atoms with Crippen LogP contribution in [0.15, 0.2) is 60.8 Å². The number of rotatable bonds is 7. The number of fused-ring (bicyclic) bond motifs is 1. The van der Waals surface area contributed by atoms with Crippen molar-refractivity contribution in [2.24, 2.45) is 0 Å². The fourth-order valence-corrected chi connectivity index (χ4v) is 4.12. The van der Waals surface area contributed by atoms with Gasteiger partial charge < -0.3 is 5.32 Å². The average molecular weight is 445 g/mol. The summed E-state index contributed by atoms with van der Waals surface area (Å²) in [5, 5.41) is 8.50. The third-order valence-corrected chi connectivity index (χ3v) is 6.25. The Kier molecular flexibility index (Phi) is 6.54. The zero-order chi connectivity index (χ0) is 23.5. The first kappa shape index (κ1) is 22.6. The predicted molar refractivity (Wildman–Crippen MR) is 129 cm³/mol. The highest BCUT2D eigenvalue weighted by atomic mass is 19.1. The molecule has 2 atom stereocenters. The van der Waals surface area contributed by atoms with Gasteiger partial charge in [0.25, 0.3) is 0 Å². The van der Waals surface area contributed by atoms with E-state index in [0.717, 1.165) is 34.2 Å². The largest absolute Gasteiger partial charge is 0.348 e. The second kappa shape index (κ2) is 9.53. The SMILES string of the molecule is CCC(C)c1ccc(C(C)NC(=O)Cn2nc(C)c3c(-c4ccc(F)cc4)ccnc32)cc1. The summed E-state index contributed by atoms with van der Waals surface area (Å²) in [5.41, 5.74) is 5.58. The molecule has 0 bridgehead atoms. The van der Waals surface area contributed by atoms with Gasteiger partial charge in [-0.25, -0.2) is 14.1 Å². The quantitative estimate of drug-likeness (QED) is 0.384. The Labute approximate surface area is 193 Å². The summed E-state index contributed by atoms with van der Waals surface area (Å²) in [6.45, 7) is 8.34. The van der Waals surface area contributed by atoms with E-state index in [-0.39, 0.29) is 24.3 Å². The fraction of sp³-hybridized carbons (Fsp3) is 0.296. The van der Waals surface area contributed by atoms with Gasteiger partial charge >= 0.3 is 0 Å². The molecule has 170 valence electrons. The van der Waals surface area contributed by atoms with Crippen molar-refractivity contribution in [3.8, 4) is 11.1 Å². The van der Waals surface area contributed by atoms with Gasteiger partial charge in [-0.1, -0.05) is 50.2 Å². The van der Waals surface area contributed by atoms with E-state index in [1.54, 1.807) is 23.0 Å². The molecule has 4 rings (SSSR count). The van der Waals surface area contributed by atoms with Gasteiger partial charge in [0.1, 0.15) is 12.4 Å². The molecular formula is C27H29FN4O. The van der Waals surface area contributed by atoms with Gasteiger partial charge in [0, 0.05) is 11.6 Å². The molecule has 0 saturated heterocycles. The molecule has 2 unspecified atom stereocenters. The van der Waals surface area contributed by atoms with E-state index in [9.17, 15) is 9.18 Å². The Morgan fingerprint density at radius 2 is 1.70 bits per heavy atom. The highest BCUT2D eigenvalue weighted by Crippen LogP contribution is 2.30. The Morgan fingerprint density at radius 3 is 2.36 bits per heavy atom. The molecule has 2 aromatic carbocycles. The van der Waals surface area contributed by atoms with E-state index in [1.165, 1.54) is 17.7 Å². The minimum absolute atomic E-state index is 0.0690. The summed E-state index contributed by atoms with van der Waals surface area (Å²) >= 11 is 0. The lowest BCUT2D eigenvalue weighted by molar-refractivity contribution is -0.122. The predicted octanol–water partition coefficient (Wildman–Crippen LogP) is 5.94. The van der Waals surface area contributed by atoms with Gasteiger partial charge in [-0.2, -0.15) is 5.10 Å². The molecule has 0 aliphatic rings. The maximum Gasteiger partial charge on any atom is 0.242 e. The Morgan fingerprint density at radius 1 is 1.03 bits per heavy atom. The van der Waals surface area contributed by atoms with Crippen LogP contribution in [-0.4, -0.2) is 20.7 Å². The molecule has 0 fully saturated rings. The topological polar surface area (TPSA) is 59.8 Å². The molecule has 0 spiro atoms. The van der Waals surface area contributed by atoms with Gasteiger partial charge in [-0.3, -0.25) is 4.79 Å². The molecule has 0 saturated carbocycles. The number of amides is 1. The molecule has 4 aromatic rings. The monoisotopic (exact) mass is 444 g/mol. The number of hydrogen-bond donors (Lipinski definition) is 1. The van der Waals surface area contributed by atoms with Crippen LogP contribution in [0.1, 0.15) is 56.0 Å². The normalized spacial score (nSPS) is 13.1. The molecule has 0 radical (unpaired) electrons. The van der Waals surface area contributed by atoms with Crippen molar-refractivity contribution >= 4 is 16.9 Å². The van der Waals surface area contributed by atoms with Crippen LogP contribution in [-0.2, 0) is 11.3 Å². The van der Waals surface area contributed by atoms with Crippen LogP contribution in [0.3, 0.4) is 0 Å². The summed E-state index contributed by atoms with van der Waals surface area (Å²) in [7, 11) is 0. The highest BCUT2D eigenvalue weighted by Gasteiger charge is 2.17. The summed E-state index contributed by atoms with van der Waals surface area (Å²) in [4.78, 5) is 17.3. The van der Waals surface area contributed by atoms with Crippen LogP contribution in [0, 0.1) is 12.7 Å². The number of carbonyl (C=O) groups excluding carboxylic acids is 1. The van der Waals surface area contributed by atoms with Crippen molar-refractivity contribution in [1.29, 1.82) is 0 Å². The molecule has 6 heteroatoms. The fourth-order valence-electron chi connectivity index (χ4n) is 4.12. The van der Waals surface area contributed by atoms with Crippen LogP contribution < -0.4 is 5.32 Å². The zero-order valence-electron chi connectivity index (χ0n) is 19.5. The van der Waals surface area contributed by atoms with E-state index < -0.39 is 0 Å². The van der Waals surface area contributed by atoms with Crippen molar-refractivity contribution in [1.82, 2.24) is 20.1 Å². The zero-order valence-corrected chi connectivity index (χ0v) is 19.5. The number of hydrogen-bond acceptors (Lipinski definition) is 3. The molecule has 2 aromatic heterocycles. The molecule has 2 heterocycles. The average Bonchev–Trinajstić information content (AvgIpc) is 3.14. The number of nitrogens with zero attached hydrogens (tertiary/aromatic N) is 3. The van der Waals surface area contributed by atoms with Gasteiger partial charge in [0.2, 0.25) is 5.91 Å². The second-order valence-electron chi connectivity index (χ2n) is 8.57. The summed E-state index contributed by atoms with van der Waals surface area (Å²) in [5.74, 6) is 0.108. The minimum Gasteiger partial charge on any atom is -0.348 e. The van der Waals surface area contributed by atoms with Gasteiger partial charge in [-0.15, -0.1) is 0 Å². The molecule has 1 amide bonds. The smallest absolute Gasteiger partial charge is 0.242 e. The number of benzene rings is 2. The second-order valence-corrected chi connectivity index (χ2v) is 8.57. The standard InChI is InChI=1S/C27H29FN4O/c1-5-17(2)20-6-8-21(9-7-20)18(3)30-25(33)16-32-27-26(19(4)31-32)24(14-15-29-27)22-10-12-23(28)13-11-22/h6-15,17-18H,5,16H2,1-4H3,(H,30,33). The van der Waals surface area contributed by atoms with E-state index in [0.29, 0.717) is 11.6 Å². The third kappa shape index (κ3) is 4.80. The molecule has 0 aliphatic carbocycles. The summed E-state index contributed by atoms with van der Waals surface area (Å²) in [6.07, 6.45) is 2.79. The van der Waals surface area contributed by atoms with Gasteiger partial charge in [0.15, 0.2) is 5.65 Å². The number of aryl methyl sites for hydroxylation is 1. The maximum atomic E-state index is 13.4. The molecule has 0 aliphatic heterocycles.